The maximum atomic E-state index is 9.23. The van der Waals surface area contributed by atoms with E-state index in [1.54, 1.807) is 6.08 Å². The van der Waals surface area contributed by atoms with Crippen LogP contribution < -0.4 is 0 Å². The van der Waals surface area contributed by atoms with Gasteiger partial charge < -0.3 is 5.11 Å². The molecule has 2 rings (SSSR count). The van der Waals surface area contributed by atoms with E-state index in [-0.39, 0.29) is 5.44 Å². The predicted octanol–water partition coefficient (Wildman–Crippen LogP) is 2.12. The number of fused-ring (bicyclic) bond motifs is 1. The third-order valence-electron chi connectivity index (χ3n) is 1.61. The van der Waals surface area contributed by atoms with E-state index in [2.05, 4.69) is 0 Å². The lowest BCUT2D eigenvalue weighted by Crippen LogP contribution is -1.99. The zero-order valence-electron chi connectivity index (χ0n) is 5.90. The van der Waals surface area contributed by atoms with Crippen molar-refractivity contribution >= 4 is 17.8 Å². The van der Waals surface area contributed by atoms with Gasteiger partial charge in [0.2, 0.25) is 0 Å². The van der Waals surface area contributed by atoms with Gasteiger partial charge in [-0.25, -0.2) is 0 Å². The van der Waals surface area contributed by atoms with Crippen molar-refractivity contribution in [1.82, 2.24) is 0 Å². The number of hydrogen-bond donors (Lipinski definition) is 1. The summed E-state index contributed by atoms with van der Waals surface area (Å²) in [7, 11) is 0. The normalized spacial score (nSPS) is 21.4. The van der Waals surface area contributed by atoms with Gasteiger partial charge in [-0.05, 0) is 17.7 Å². The quantitative estimate of drug-likeness (QED) is 0.633. The van der Waals surface area contributed by atoms with Gasteiger partial charge in [0.15, 0.2) is 0 Å². The molecule has 0 aromatic heterocycles. The standard InChI is InChI=1S/C9H8OS/c10-9-6-5-7-3-1-2-4-8(7)11-9/h1-6,9-10H. The lowest BCUT2D eigenvalue weighted by Gasteiger charge is -2.13. The Labute approximate surface area is 69.7 Å². The van der Waals surface area contributed by atoms with Crippen LogP contribution >= 0.6 is 11.8 Å². The van der Waals surface area contributed by atoms with Crippen LogP contribution in [0, 0.1) is 0 Å². The zero-order chi connectivity index (χ0) is 7.68. The fraction of sp³-hybridized carbons (Fsp3) is 0.111. The molecule has 1 nitrogen and oxygen atoms in total. The molecule has 0 amide bonds. The molecular formula is C9H8OS. The van der Waals surface area contributed by atoms with Crippen molar-refractivity contribution in [3.8, 4) is 0 Å². The highest BCUT2D eigenvalue weighted by Gasteiger charge is 2.09. The van der Waals surface area contributed by atoms with Crippen LogP contribution in [-0.2, 0) is 0 Å². The predicted molar refractivity (Wildman–Crippen MR) is 47.3 cm³/mol. The molecule has 1 aromatic carbocycles. The number of benzene rings is 1. The van der Waals surface area contributed by atoms with Gasteiger partial charge in [0.25, 0.3) is 0 Å². The van der Waals surface area contributed by atoms with Crippen molar-refractivity contribution in [3.63, 3.8) is 0 Å². The van der Waals surface area contributed by atoms with E-state index in [0.717, 1.165) is 4.90 Å². The summed E-state index contributed by atoms with van der Waals surface area (Å²) in [6.45, 7) is 0. The average Bonchev–Trinajstić information content (AvgIpc) is 2.04. The molecule has 1 aliphatic rings. The minimum atomic E-state index is -0.370. The van der Waals surface area contributed by atoms with Gasteiger partial charge >= 0.3 is 0 Å². The largest absolute Gasteiger partial charge is 0.378 e. The second kappa shape index (κ2) is 2.72. The first-order valence-electron chi connectivity index (χ1n) is 3.48. The molecular weight excluding hydrogens is 156 g/mol. The SMILES string of the molecule is OC1C=Cc2ccccc2S1. The lowest BCUT2D eigenvalue weighted by molar-refractivity contribution is 0.310. The van der Waals surface area contributed by atoms with Crippen LogP contribution in [0.4, 0.5) is 0 Å². The maximum Gasteiger partial charge on any atom is 0.123 e. The molecule has 1 heterocycles. The minimum Gasteiger partial charge on any atom is -0.378 e. The number of aliphatic hydroxyl groups is 1. The average molecular weight is 164 g/mol. The summed E-state index contributed by atoms with van der Waals surface area (Å²) in [4.78, 5) is 1.16. The number of hydrogen-bond acceptors (Lipinski definition) is 2. The second-order valence-corrected chi connectivity index (χ2v) is 3.56. The van der Waals surface area contributed by atoms with Crippen LogP contribution in [-0.4, -0.2) is 10.5 Å². The third kappa shape index (κ3) is 1.32. The van der Waals surface area contributed by atoms with Gasteiger partial charge in [-0.2, -0.15) is 0 Å². The first kappa shape index (κ1) is 6.95. The van der Waals surface area contributed by atoms with Crippen molar-refractivity contribution in [3.05, 3.63) is 35.9 Å². The molecule has 1 aliphatic heterocycles. The van der Waals surface area contributed by atoms with Crippen molar-refractivity contribution in [2.75, 3.05) is 0 Å². The minimum absolute atomic E-state index is 0.370. The van der Waals surface area contributed by atoms with Crippen LogP contribution in [0.2, 0.25) is 0 Å². The Morgan fingerprint density at radius 2 is 2.09 bits per heavy atom. The number of aliphatic hydroxyl groups excluding tert-OH is 1. The molecule has 0 saturated heterocycles. The molecule has 0 aliphatic carbocycles. The summed E-state index contributed by atoms with van der Waals surface area (Å²) in [6, 6.07) is 8.05. The van der Waals surface area contributed by atoms with E-state index in [0.29, 0.717) is 0 Å². The molecule has 1 atom stereocenters. The summed E-state index contributed by atoms with van der Waals surface area (Å²) in [6.07, 6.45) is 3.75. The van der Waals surface area contributed by atoms with Crippen LogP contribution in [0.1, 0.15) is 5.56 Å². The van der Waals surface area contributed by atoms with Crippen LogP contribution in [0.25, 0.3) is 6.08 Å². The zero-order valence-corrected chi connectivity index (χ0v) is 6.71. The summed E-state index contributed by atoms with van der Waals surface area (Å²) in [5, 5.41) is 9.23. The number of rotatable bonds is 0. The topological polar surface area (TPSA) is 20.2 Å². The fourth-order valence-corrected chi connectivity index (χ4v) is 1.93. The molecule has 0 fully saturated rings. The second-order valence-electron chi connectivity index (χ2n) is 2.41. The van der Waals surface area contributed by atoms with Gasteiger partial charge in [-0.3, -0.25) is 0 Å². The maximum absolute atomic E-state index is 9.23. The molecule has 0 saturated carbocycles. The van der Waals surface area contributed by atoms with Gasteiger partial charge in [0.05, 0.1) is 0 Å². The number of thioether (sulfide) groups is 1. The first-order chi connectivity index (χ1) is 5.36. The lowest BCUT2D eigenvalue weighted by atomic mass is 10.2. The van der Waals surface area contributed by atoms with E-state index < -0.39 is 0 Å². The molecule has 0 bridgehead atoms. The van der Waals surface area contributed by atoms with Crippen LogP contribution in [0.3, 0.4) is 0 Å². The van der Waals surface area contributed by atoms with Crippen LogP contribution in [0.15, 0.2) is 35.2 Å². The molecule has 0 radical (unpaired) electrons. The van der Waals surface area contributed by atoms with E-state index in [4.69, 9.17) is 0 Å². The van der Waals surface area contributed by atoms with Crippen molar-refractivity contribution in [2.45, 2.75) is 10.3 Å². The Kier molecular flexibility index (Phi) is 1.72. The van der Waals surface area contributed by atoms with E-state index in [1.807, 2.05) is 30.3 Å². The molecule has 1 N–H and O–H groups in total. The van der Waals surface area contributed by atoms with Crippen molar-refractivity contribution in [1.29, 1.82) is 0 Å². The Morgan fingerprint density at radius 1 is 1.27 bits per heavy atom. The van der Waals surface area contributed by atoms with Crippen LogP contribution in [0.5, 0.6) is 0 Å². The van der Waals surface area contributed by atoms with Gasteiger partial charge in [-0.15, -0.1) is 0 Å². The summed E-state index contributed by atoms with van der Waals surface area (Å²) >= 11 is 1.48. The van der Waals surface area contributed by atoms with Crippen molar-refractivity contribution in [2.24, 2.45) is 0 Å². The summed E-state index contributed by atoms with van der Waals surface area (Å²) in [5.74, 6) is 0. The Bertz CT molecular complexity index is 293. The Morgan fingerprint density at radius 3 is 3.00 bits per heavy atom. The molecule has 0 spiro atoms. The van der Waals surface area contributed by atoms with Gasteiger partial charge in [-0.1, -0.05) is 36.0 Å². The van der Waals surface area contributed by atoms with E-state index in [1.165, 1.54) is 17.3 Å². The Hall–Kier alpha value is -0.730. The molecule has 1 unspecified atom stereocenters. The highest BCUT2D eigenvalue weighted by Crippen LogP contribution is 2.31. The van der Waals surface area contributed by atoms with Crippen molar-refractivity contribution < 1.29 is 5.11 Å². The monoisotopic (exact) mass is 164 g/mol. The smallest absolute Gasteiger partial charge is 0.123 e. The Balaban J connectivity index is 2.46. The van der Waals surface area contributed by atoms with E-state index >= 15 is 0 Å². The first-order valence-corrected chi connectivity index (χ1v) is 4.36. The molecule has 11 heavy (non-hydrogen) atoms. The third-order valence-corrected chi connectivity index (χ3v) is 2.63. The molecule has 56 valence electrons. The highest BCUT2D eigenvalue weighted by molar-refractivity contribution is 8.00. The fourth-order valence-electron chi connectivity index (χ4n) is 1.08. The molecule has 1 aromatic rings. The highest BCUT2D eigenvalue weighted by atomic mass is 32.2. The van der Waals surface area contributed by atoms with E-state index in [9.17, 15) is 5.11 Å². The summed E-state index contributed by atoms with van der Waals surface area (Å²) < 4.78 is 0. The van der Waals surface area contributed by atoms with Gasteiger partial charge in [0.1, 0.15) is 5.44 Å². The molecule has 2 heteroatoms. The summed E-state index contributed by atoms with van der Waals surface area (Å²) in [5.41, 5.74) is 0.827. The van der Waals surface area contributed by atoms with Gasteiger partial charge in [0, 0.05) is 4.90 Å².